The van der Waals surface area contributed by atoms with Crippen LogP contribution >= 0.6 is 23.2 Å². The van der Waals surface area contributed by atoms with E-state index in [1.165, 1.54) is 37.3 Å². The summed E-state index contributed by atoms with van der Waals surface area (Å²) in [4.78, 5) is 20.8. The molecule has 8 N–H and O–H groups in total. The third-order valence-corrected chi connectivity index (χ3v) is 15.6. The molecule has 0 heterocycles. The van der Waals surface area contributed by atoms with Crippen LogP contribution in [0, 0.1) is 6.92 Å². The second-order valence-corrected chi connectivity index (χ2v) is 22.8. The summed E-state index contributed by atoms with van der Waals surface area (Å²) in [7, 11) is -20.9. The number of aryl methyl sites for hydroxylation is 1. The fraction of sp³-hybridized carbons (Fsp3) is 0.116. The summed E-state index contributed by atoms with van der Waals surface area (Å²) < 4.78 is 173. The SMILES string of the molecule is C=C.C=C.Cc1cc2c(S(=O)(=O)O)c(NC(=O)CS(=O)OCCl)ccc2c(O)c1N=Nc1ccc(N=Nc2ccc(N=Nc3c(S(=O)(=O)O)cc4c(S(=O)(=O)O)c(NC(=O)CS(=O)OCCl)ccc4c3O)cc2)cc1S(=O)(=O)O. The number of amides is 2. The number of carbonyl (C=O) groups is 2. The first kappa shape index (κ1) is 64.6. The van der Waals surface area contributed by atoms with Gasteiger partial charge in [-0.2, -0.15) is 49.0 Å². The summed E-state index contributed by atoms with van der Waals surface area (Å²) in [5.74, 6) is -5.46. The molecule has 0 aliphatic heterocycles. The molecule has 0 fully saturated rings. The monoisotopic (exact) mass is 1250 g/mol. The summed E-state index contributed by atoms with van der Waals surface area (Å²) in [6.45, 7) is 13.3. The first-order chi connectivity index (χ1) is 37.0. The van der Waals surface area contributed by atoms with Crippen molar-refractivity contribution in [3.05, 3.63) is 111 Å². The molecular formula is C43H40Cl2N8O20S6. The molecule has 0 spiro atoms. The molecule has 6 aromatic rings. The van der Waals surface area contributed by atoms with E-state index in [9.17, 15) is 80.1 Å². The summed E-state index contributed by atoms with van der Waals surface area (Å²) in [6, 6.07) is 12.9. The Morgan fingerprint density at radius 3 is 1.34 bits per heavy atom. The highest BCUT2D eigenvalue weighted by Crippen LogP contribution is 2.46. The first-order valence-corrected chi connectivity index (χ1v) is 30.1. The predicted octanol–water partition coefficient (Wildman–Crippen LogP) is 9.18. The number of halogens is 2. The molecule has 2 unspecified atom stereocenters. The van der Waals surface area contributed by atoms with Gasteiger partial charge >= 0.3 is 0 Å². The van der Waals surface area contributed by atoms with Crippen molar-refractivity contribution in [1.82, 2.24) is 0 Å². The zero-order chi connectivity index (χ0) is 59.4. The lowest BCUT2D eigenvalue weighted by Gasteiger charge is -2.15. The van der Waals surface area contributed by atoms with Crippen LogP contribution in [-0.4, -0.2) is 106 Å². The van der Waals surface area contributed by atoms with Gasteiger partial charge in [-0.15, -0.1) is 41.7 Å². The Balaban J connectivity index is 0.00000328. The zero-order valence-electron chi connectivity index (χ0n) is 39.9. The average Bonchev–Trinajstić information content (AvgIpc) is 3.53. The van der Waals surface area contributed by atoms with Gasteiger partial charge in [-0.3, -0.25) is 36.2 Å². The number of rotatable bonds is 20. The quantitative estimate of drug-likeness (QED) is 0.0153. The molecule has 0 saturated heterocycles. The van der Waals surface area contributed by atoms with E-state index >= 15 is 0 Å². The Hall–Kier alpha value is -6.90. The number of benzene rings is 6. The van der Waals surface area contributed by atoms with Gasteiger partial charge in [-0.25, -0.2) is 8.42 Å². The lowest BCUT2D eigenvalue weighted by atomic mass is 10.0. The van der Waals surface area contributed by atoms with E-state index < -0.39 is 163 Å². The van der Waals surface area contributed by atoms with E-state index in [-0.39, 0.29) is 39.1 Å². The minimum absolute atomic E-state index is 0.0129. The molecule has 79 heavy (non-hydrogen) atoms. The summed E-state index contributed by atoms with van der Waals surface area (Å²) >= 11 is 6.22. The fourth-order valence-corrected chi connectivity index (χ4v) is 11.2. The number of nitrogens with one attached hydrogen (secondary N) is 2. The van der Waals surface area contributed by atoms with Crippen LogP contribution in [0.4, 0.5) is 45.5 Å². The van der Waals surface area contributed by atoms with Crippen molar-refractivity contribution in [3.8, 4) is 11.5 Å². The maximum absolute atomic E-state index is 12.5. The molecule has 2 amide bonds. The van der Waals surface area contributed by atoms with Gasteiger partial charge in [0.05, 0.1) is 28.4 Å². The minimum atomic E-state index is -5.36. The van der Waals surface area contributed by atoms with Crippen LogP contribution in [0.5, 0.6) is 11.5 Å². The Kier molecular flexibility index (Phi) is 22.3. The van der Waals surface area contributed by atoms with Crippen molar-refractivity contribution >= 4 is 165 Å². The largest absolute Gasteiger partial charge is 0.505 e. The maximum atomic E-state index is 12.5. The number of carbonyl (C=O) groups excluding carboxylic acids is 2. The van der Waals surface area contributed by atoms with Crippen molar-refractivity contribution in [2.45, 2.75) is 26.5 Å². The minimum Gasteiger partial charge on any atom is -0.505 e. The number of alkyl halides is 2. The highest BCUT2D eigenvalue weighted by atomic mass is 35.5. The van der Waals surface area contributed by atoms with Gasteiger partial charge in [0.2, 0.25) is 11.8 Å². The number of fused-ring (bicyclic) bond motifs is 2. The van der Waals surface area contributed by atoms with Gasteiger partial charge in [0, 0.05) is 21.5 Å². The Morgan fingerprint density at radius 2 is 0.911 bits per heavy atom. The van der Waals surface area contributed by atoms with Crippen LogP contribution in [-0.2, 0) is 80.6 Å². The molecule has 6 aromatic carbocycles. The number of aromatic hydroxyl groups is 2. The van der Waals surface area contributed by atoms with E-state index in [1.807, 2.05) is 0 Å². The lowest BCUT2D eigenvalue weighted by molar-refractivity contribution is -0.114. The number of phenolic OH excluding ortho intramolecular Hbond substituents is 2. The third kappa shape index (κ3) is 16.6. The Labute approximate surface area is 463 Å². The van der Waals surface area contributed by atoms with Crippen LogP contribution < -0.4 is 10.6 Å². The van der Waals surface area contributed by atoms with E-state index in [1.54, 1.807) is 0 Å². The van der Waals surface area contributed by atoms with E-state index in [2.05, 4.69) is 76.0 Å². The van der Waals surface area contributed by atoms with Crippen molar-refractivity contribution < 1.29 is 88.5 Å². The van der Waals surface area contributed by atoms with Crippen LogP contribution in [0.2, 0.25) is 0 Å². The normalized spacial score (nSPS) is 12.9. The van der Waals surface area contributed by atoms with Crippen molar-refractivity contribution in [2.24, 2.45) is 30.7 Å². The number of anilines is 2. The molecule has 0 aliphatic rings. The first-order valence-electron chi connectivity index (χ1n) is 20.8. The number of hydrogen-bond acceptors (Lipinski definition) is 22. The van der Waals surface area contributed by atoms with Gasteiger partial charge in [0.25, 0.3) is 40.5 Å². The van der Waals surface area contributed by atoms with Crippen LogP contribution in [0.15, 0.2) is 155 Å². The smallest absolute Gasteiger partial charge is 0.297 e. The molecule has 0 radical (unpaired) electrons. The highest BCUT2D eigenvalue weighted by Gasteiger charge is 2.29. The number of azo groups is 3. The van der Waals surface area contributed by atoms with Crippen LogP contribution in [0.3, 0.4) is 0 Å². The molecule has 0 saturated carbocycles. The number of phenols is 2. The predicted molar refractivity (Wildman–Crippen MR) is 290 cm³/mol. The van der Waals surface area contributed by atoms with E-state index in [4.69, 9.17) is 23.2 Å². The topological polar surface area (TPSA) is 443 Å². The Morgan fingerprint density at radius 1 is 0.519 bits per heavy atom. The standard InChI is InChI=1S/C39H32Cl2N8O20S6.2C2H4/c1-19-12-25-23(7-10-28(38(25)74(62,63)64)42-32(50)15-70(54)68-17-40)36(52)34(19)48-47-27-9-6-22(13-30(27)72(56,57)58)46-44-20-2-4-21(5-3-20)45-49-35-31(73(59,60)61)14-26-24(37(35)53)8-11-29(39(26)75(65,66)67)43-33(51)16-71(55)69-18-41;2*1-2/h2-14,52-53H,15-18H2,1H3,(H,42,50)(H,43,51)(H,56,57,58)(H,59,60,61)(H,62,63,64)(H,65,66,67);2*1-2H2. The Bertz CT molecular complexity index is 3980. The molecule has 0 aromatic heterocycles. The van der Waals surface area contributed by atoms with Crippen molar-refractivity contribution in [1.29, 1.82) is 0 Å². The number of nitrogens with zero attached hydrogens (tertiary/aromatic N) is 6. The van der Waals surface area contributed by atoms with Crippen molar-refractivity contribution in [3.63, 3.8) is 0 Å². The molecule has 422 valence electrons. The number of hydrogen-bond donors (Lipinski definition) is 8. The maximum Gasteiger partial charge on any atom is 0.297 e. The van der Waals surface area contributed by atoms with Crippen molar-refractivity contribution in [2.75, 3.05) is 34.3 Å². The second kappa shape index (κ2) is 27.3. The van der Waals surface area contributed by atoms with Crippen LogP contribution in [0.1, 0.15) is 5.56 Å². The fourth-order valence-electron chi connectivity index (χ4n) is 6.65. The summed E-state index contributed by atoms with van der Waals surface area (Å²) in [6.07, 6.45) is 0. The molecule has 0 aliphatic carbocycles. The molecule has 28 nitrogen and oxygen atoms in total. The lowest BCUT2D eigenvalue weighted by Crippen LogP contribution is -2.21. The molecule has 36 heteroatoms. The highest BCUT2D eigenvalue weighted by molar-refractivity contribution is 7.87. The molecule has 6 rings (SSSR count). The van der Waals surface area contributed by atoms with Gasteiger partial charge in [-0.05, 0) is 91.3 Å². The molecule has 0 bridgehead atoms. The summed E-state index contributed by atoms with van der Waals surface area (Å²) in [5, 5.41) is 48.2. The summed E-state index contributed by atoms with van der Waals surface area (Å²) in [5.41, 5.74) is -2.94. The molecule has 2 atom stereocenters. The van der Waals surface area contributed by atoms with Gasteiger partial charge in [-0.1, -0.05) is 23.2 Å². The van der Waals surface area contributed by atoms with Gasteiger partial charge in [0.15, 0.2) is 33.7 Å². The molecular weight excluding hydrogens is 1210 g/mol. The van der Waals surface area contributed by atoms with E-state index in [0.29, 0.717) is 6.07 Å². The van der Waals surface area contributed by atoms with E-state index in [0.717, 1.165) is 42.5 Å². The second-order valence-electron chi connectivity index (χ2n) is 14.7. The average molecular weight is 1250 g/mol. The zero-order valence-corrected chi connectivity index (χ0v) is 46.4. The van der Waals surface area contributed by atoms with Gasteiger partial charge in [0.1, 0.15) is 60.3 Å². The van der Waals surface area contributed by atoms with Gasteiger partial charge < -0.3 is 20.8 Å². The van der Waals surface area contributed by atoms with Crippen LogP contribution in [0.25, 0.3) is 21.5 Å². The third-order valence-electron chi connectivity index (χ3n) is 9.66.